The highest BCUT2D eigenvalue weighted by atomic mass is 16.5. The summed E-state index contributed by atoms with van der Waals surface area (Å²) in [5, 5.41) is 27.8. The van der Waals surface area contributed by atoms with Crippen molar-refractivity contribution in [3.63, 3.8) is 0 Å². The van der Waals surface area contributed by atoms with Crippen LogP contribution in [0.4, 0.5) is 0 Å². The molecule has 10 heteroatoms. The first-order valence-corrected chi connectivity index (χ1v) is 14.1. The quantitative estimate of drug-likeness (QED) is 0.396. The van der Waals surface area contributed by atoms with E-state index in [1.807, 2.05) is 55.8 Å². The summed E-state index contributed by atoms with van der Waals surface area (Å²) >= 11 is 0. The molecule has 0 spiro atoms. The van der Waals surface area contributed by atoms with E-state index in [0.717, 1.165) is 56.2 Å². The molecule has 10 nitrogen and oxygen atoms in total. The average Bonchev–Trinajstić information content (AvgIpc) is 3.58. The van der Waals surface area contributed by atoms with Crippen LogP contribution >= 0.6 is 0 Å². The van der Waals surface area contributed by atoms with Gasteiger partial charge in [0.15, 0.2) is 0 Å². The molecule has 4 atom stereocenters. The molecule has 0 saturated carbocycles. The van der Waals surface area contributed by atoms with Crippen molar-refractivity contribution in [3.8, 4) is 11.3 Å². The molecule has 4 rings (SSSR count). The normalized spacial score (nSPS) is 21.7. The molecule has 2 aromatic rings. The number of ether oxygens (including phenoxy) is 1. The van der Waals surface area contributed by atoms with Gasteiger partial charge in [-0.3, -0.25) is 19.2 Å². The molecule has 2 fully saturated rings. The fraction of sp³-hybridized carbons (Fsp3) is 0.621. The summed E-state index contributed by atoms with van der Waals surface area (Å²) < 4.78 is 7.42. The summed E-state index contributed by atoms with van der Waals surface area (Å²) in [5.74, 6) is -0.514. The lowest BCUT2D eigenvalue weighted by atomic mass is 9.91. The van der Waals surface area contributed by atoms with Crippen molar-refractivity contribution in [3.05, 3.63) is 42.1 Å². The molecule has 1 aromatic heterocycles. The van der Waals surface area contributed by atoms with Crippen molar-refractivity contribution in [2.45, 2.75) is 58.3 Å². The monoisotopic (exact) mass is 541 g/mol. The van der Waals surface area contributed by atoms with Crippen LogP contribution in [0.2, 0.25) is 0 Å². The molecule has 0 radical (unpaired) electrons. The first-order chi connectivity index (χ1) is 18.8. The minimum Gasteiger partial charge on any atom is -0.394 e. The second kappa shape index (κ2) is 13.5. The molecule has 39 heavy (non-hydrogen) atoms. The number of nitrogens with zero attached hydrogens (tertiary/aromatic N) is 4. The van der Waals surface area contributed by atoms with Gasteiger partial charge in [-0.1, -0.05) is 45.0 Å². The highest BCUT2D eigenvalue weighted by Gasteiger charge is 2.41. The molecule has 3 heterocycles. The summed E-state index contributed by atoms with van der Waals surface area (Å²) in [7, 11) is 0. The van der Waals surface area contributed by atoms with Gasteiger partial charge in [0.2, 0.25) is 11.8 Å². The second-order valence-corrected chi connectivity index (χ2v) is 10.9. The standard InChI is InChI=1S/C29H43N5O5/c1-4-24(20(2)3)29(38)33-18-23(36)17-27(33)28(37)31-25(19-35)21-5-7-22(8-6-21)26-9-10-30-34(26)12-11-32-13-15-39-16-14-32/h5-10,20,23-25,27,35-36H,4,11-19H2,1-3H3,(H,31,37). The predicted molar refractivity (Wildman–Crippen MR) is 148 cm³/mol. The van der Waals surface area contributed by atoms with E-state index in [9.17, 15) is 19.8 Å². The Bertz CT molecular complexity index is 1080. The van der Waals surface area contributed by atoms with Gasteiger partial charge in [-0.15, -0.1) is 0 Å². The number of aromatic nitrogens is 2. The number of amides is 2. The van der Waals surface area contributed by atoms with Crippen molar-refractivity contribution < 1.29 is 24.5 Å². The number of rotatable bonds is 11. The molecular weight excluding hydrogens is 498 g/mol. The van der Waals surface area contributed by atoms with E-state index < -0.39 is 18.2 Å². The summed E-state index contributed by atoms with van der Waals surface area (Å²) in [6.07, 6.45) is 1.92. The van der Waals surface area contributed by atoms with E-state index in [1.54, 1.807) is 6.20 Å². The third-order valence-electron chi connectivity index (χ3n) is 7.98. The van der Waals surface area contributed by atoms with Gasteiger partial charge in [0.25, 0.3) is 0 Å². The predicted octanol–water partition coefficient (Wildman–Crippen LogP) is 1.68. The topological polar surface area (TPSA) is 120 Å². The fourth-order valence-electron chi connectivity index (χ4n) is 5.66. The van der Waals surface area contributed by atoms with Crippen molar-refractivity contribution in [1.29, 1.82) is 0 Å². The Morgan fingerprint density at radius 2 is 1.85 bits per heavy atom. The Morgan fingerprint density at radius 1 is 1.13 bits per heavy atom. The number of nitrogens with one attached hydrogen (secondary N) is 1. The second-order valence-electron chi connectivity index (χ2n) is 10.9. The van der Waals surface area contributed by atoms with Gasteiger partial charge < -0.3 is 25.2 Å². The smallest absolute Gasteiger partial charge is 0.243 e. The summed E-state index contributed by atoms with van der Waals surface area (Å²) in [5.41, 5.74) is 2.76. The van der Waals surface area contributed by atoms with Crippen molar-refractivity contribution in [1.82, 2.24) is 24.9 Å². The third-order valence-corrected chi connectivity index (χ3v) is 7.98. The van der Waals surface area contributed by atoms with Crippen LogP contribution in [-0.4, -0.2) is 99.8 Å². The van der Waals surface area contributed by atoms with Gasteiger partial charge in [-0.25, -0.2) is 0 Å². The number of β-amino-alcohol motifs (C(OH)–C–C–N with tert-alkyl or cyclic N) is 1. The van der Waals surface area contributed by atoms with Gasteiger partial charge in [0, 0.05) is 44.7 Å². The van der Waals surface area contributed by atoms with Gasteiger partial charge in [0.05, 0.1) is 44.2 Å². The largest absolute Gasteiger partial charge is 0.394 e. The Morgan fingerprint density at radius 3 is 2.49 bits per heavy atom. The number of morpholine rings is 1. The van der Waals surface area contributed by atoms with Crippen LogP contribution in [0.3, 0.4) is 0 Å². The molecule has 2 aliphatic heterocycles. The molecule has 2 amide bonds. The summed E-state index contributed by atoms with van der Waals surface area (Å²) in [6, 6.07) is 8.33. The Labute approximate surface area is 230 Å². The van der Waals surface area contributed by atoms with Crippen LogP contribution in [0.1, 0.15) is 45.2 Å². The first-order valence-electron chi connectivity index (χ1n) is 14.1. The van der Waals surface area contributed by atoms with Crippen LogP contribution < -0.4 is 5.32 Å². The maximum absolute atomic E-state index is 13.3. The minimum absolute atomic E-state index is 0.0978. The first kappa shape index (κ1) is 29.2. The van der Waals surface area contributed by atoms with E-state index in [0.29, 0.717) is 6.42 Å². The van der Waals surface area contributed by atoms with Crippen molar-refractivity contribution in [2.24, 2.45) is 11.8 Å². The highest BCUT2D eigenvalue weighted by Crippen LogP contribution is 2.27. The van der Waals surface area contributed by atoms with E-state index in [-0.39, 0.29) is 43.2 Å². The maximum Gasteiger partial charge on any atom is 0.243 e. The lowest BCUT2D eigenvalue weighted by Gasteiger charge is -2.30. The number of aliphatic hydroxyl groups is 2. The molecule has 1 aromatic carbocycles. The molecule has 214 valence electrons. The molecule has 4 unspecified atom stereocenters. The Balaban J connectivity index is 1.41. The molecule has 2 saturated heterocycles. The van der Waals surface area contributed by atoms with Crippen LogP contribution in [0.15, 0.2) is 36.5 Å². The number of carbonyl (C=O) groups is 2. The van der Waals surface area contributed by atoms with Gasteiger partial charge >= 0.3 is 0 Å². The molecular formula is C29H43N5O5. The van der Waals surface area contributed by atoms with Crippen LogP contribution in [0.5, 0.6) is 0 Å². The van der Waals surface area contributed by atoms with Gasteiger partial charge in [-0.2, -0.15) is 5.10 Å². The lowest BCUT2D eigenvalue weighted by Crippen LogP contribution is -2.49. The summed E-state index contributed by atoms with van der Waals surface area (Å²) in [6.45, 7) is 10.9. The fourth-order valence-corrected chi connectivity index (χ4v) is 5.66. The number of aliphatic hydroxyl groups excluding tert-OH is 2. The Kier molecular flexibility index (Phi) is 10.1. The molecule has 0 bridgehead atoms. The lowest BCUT2D eigenvalue weighted by molar-refractivity contribution is -0.143. The van der Waals surface area contributed by atoms with Gasteiger partial charge in [0.1, 0.15) is 6.04 Å². The SMILES string of the molecule is CCC(C(=O)N1CC(O)CC1C(=O)NC(CO)c1ccc(-c2ccnn2CCN2CCOCC2)cc1)C(C)C. The van der Waals surface area contributed by atoms with Gasteiger partial charge in [-0.05, 0) is 29.5 Å². The number of likely N-dealkylation sites (tertiary alicyclic amines) is 1. The number of hydrogen-bond acceptors (Lipinski definition) is 7. The van der Waals surface area contributed by atoms with Crippen LogP contribution in [-0.2, 0) is 20.9 Å². The minimum atomic E-state index is -0.755. The van der Waals surface area contributed by atoms with E-state index >= 15 is 0 Å². The van der Waals surface area contributed by atoms with Crippen LogP contribution in [0, 0.1) is 11.8 Å². The summed E-state index contributed by atoms with van der Waals surface area (Å²) in [4.78, 5) is 30.4. The average molecular weight is 542 g/mol. The van der Waals surface area contributed by atoms with Crippen molar-refractivity contribution in [2.75, 3.05) is 46.0 Å². The zero-order valence-corrected chi connectivity index (χ0v) is 23.3. The van der Waals surface area contributed by atoms with Crippen molar-refractivity contribution >= 4 is 11.8 Å². The molecule has 3 N–H and O–H groups in total. The maximum atomic E-state index is 13.3. The highest BCUT2D eigenvalue weighted by molar-refractivity contribution is 5.89. The molecule has 0 aliphatic carbocycles. The Hall–Kier alpha value is -2.79. The zero-order valence-electron chi connectivity index (χ0n) is 23.3. The van der Waals surface area contributed by atoms with E-state index in [1.165, 1.54) is 4.90 Å². The number of carbonyl (C=O) groups excluding carboxylic acids is 2. The zero-order chi connectivity index (χ0) is 27.9. The van der Waals surface area contributed by atoms with E-state index in [4.69, 9.17) is 4.74 Å². The van der Waals surface area contributed by atoms with E-state index in [2.05, 4.69) is 15.3 Å². The molecule has 2 aliphatic rings. The number of hydrogen-bond donors (Lipinski definition) is 3. The van der Waals surface area contributed by atoms with Crippen LogP contribution in [0.25, 0.3) is 11.3 Å². The number of benzene rings is 1. The third kappa shape index (κ3) is 7.05.